The van der Waals surface area contributed by atoms with Crippen LogP contribution in [-0.4, -0.2) is 5.71 Å². The molecule has 0 amide bonds. The standard InChI is InChI=1S/C13H11N3/c14-11-7-3-6-10-12(11)8-4-1-2-5-9(8)13(10)16-15/h1-7H,14-15H2. The van der Waals surface area contributed by atoms with E-state index >= 15 is 0 Å². The summed E-state index contributed by atoms with van der Waals surface area (Å²) in [5, 5.41) is 3.87. The maximum atomic E-state index is 6.01. The van der Waals surface area contributed by atoms with E-state index < -0.39 is 0 Å². The lowest BCUT2D eigenvalue weighted by Crippen LogP contribution is -2.01. The minimum absolute atomic E-state index is 0.767. The number of anilines is 1. The summed E-state index contributed by atoms with van der Waals surface area (Å²) in [6, 6.07) is 13.8. The number of benzene rings is 2. The Balaban J connectivity index is 2.45. The highest BCUT2D eigenvalue weighted by molar-refractivity contribution is 6.25. The zero-order chi connectivity index (χ0) is 11.1. The van der Waals surface area contributed by atoms with Crippen LogP contribution in [0.25, 0.3) is 11.1 Å². The van der Waals surface area contributed by atoms with Crippen molar-refractivity contribution in [1.29, 1.82) is 0 Å². The lowest BCUT2D eigenvalue weighted by atomic mass is 10.0. The molecule has 0 fully saturated rings. The van der Waals surface area contributed by atoms with Gasteiger partial charge < -0.3 is 11.6 Å². The molecule has 0 aliphatic heterocycles. The Morgan fingerprint density at radius 1 is 0.812 bits per heavy atom. The van der Waals surface area contributed by atoms with Gasteiger partial charge in [-0.2, -0.15) is 5.10 Å². The highest BCUT2D eigenvalue weighted by Crippen LogP contribution is 2.40. The third-order valence-electron chi connectivity index (χ3n) is 2.93. The van der Waals surface area contributed by atoms with Crippen molar-refractivity contribution in [2.45, 2.75) is 0 Å². The summed E-state index contributed by atoms with van der Waals surface area (Å²) in [7, 11) is 0. The normalized spacial score (nSPS) is 14.9. The molecule has 1 aliphatic rings. The van der Waals surface area contributed by atoms with Crippen molar-refractivity contribution in [3.05, 3.63) is 53.6 Å². The summed E-state index contributed by atoms with van der Waals surface area (Å²) in [6.07, 6.45) is 0. The quantitative estimate of drug-likeness (QED) is 0.337. The smallest absolute Gasteiger partial charge is 0.0984 e. The third kappa shape index (κ3) is 0.997. The van der Waals surface area contributed by atoms with Crippen LogP contribution in [0, 0.1) is 0 Å². The molecule has 0 bridgehead atoms. The van der Waals surface area contributed by atoms with Crippen molar-refractivity contribution in [3.63, 3.8) is 0 Å². The van der Waals surface area contributed by atoms with E-state index in [1.54, 1.807) is 0 Å². The van der Waals surface area contributed by atoms with Gasteiger partial charge in [0.15, 0.2) is 0 Å². The van der Waals surface area contributed by atoms with E-state index in [9.17, 15) is 0 Å². The topological polar surface area (TPSA) is 64.4 Å². The SMILES string of the molecule is NN=C1c2ccccc2-c2c(N)cccc21. The van der Waals surface area contributed by atoms with E-state index in [1.165, 1.54) is 0 Å². The molecule has 0 heterocycles. The Labute approximate surface area is 93.4 Å². The fraction of sp³-hybridized carbons (Fsp3) is 0. The molecule has 3 nitrogen and oxygen atoms in total. The minimum Gasteiger partial charge on any atom is -0.398 e. The predicted octanol–water partition coefficient (Wildman–Crippen LogP) is 1.96. The van der Waals surface area contributed by atoms with E-state index in [1.807, 2.05) is 42.5 Å². The molecule has 2 aromatic rings. The Morgan fingerprint density at radius 3 is 2.25 bits per heavy atom. The van der Waals surface area contributed by atoms with Crippen molar-refractivity contribution < 1.29 is 0 Å². The molecule has 3 rings (SSSR count). The maximum Gasteiger partial charge on any atom is 0.0984 e. The molecule has 1 aliphatic carbocycles. The number of hydrogen-bond acceptors (Lipinski definition) is 3. The minimum atomic E-state index is 0.767. The van der Waals surface area contributed by atoms with Gasteiger partial charge in [0, 0.05) is 22.4 Å². The average Bonchev–Trinajstić information content (AvgIpc) is 2.64. The monoisotopic (exact) mass is 209 g/mol. The lowest BCUT2D eigenvalue weighted by Gasteiger charge is -2.03. The number of nitrogen functional groups attached to an aromatic ring is 1. The van der Waals surface area contributed by atoms with Gasteiger partial charge in [-0.15, -0.1) is 0 Å². The van der Waals surface area contributed by atoms with E-state index in [4.69, 9.17) is 11.6 Å². The van der Waals surface area contributed by atoms with Crippen molar-refractivity contribution >= 4 is 11.4 Å². The summed E-state index contributed by atoms with van der Waals surface area (Å²) in [6.45, 7) is 0. The van der Waals surface area contributed by atoms with Crippen LogP contribution in [0.2, 0.25) is 0 Å². The molecule has 0 aromatic heterocycles. The molecule has 78 valence electrons. The molecule has 0 saturated carbocycles. The van der Waals surface area contributed by atoms with Crippen LogP contribution in [-0.2, 0) is 0 Å². The second-order valence-corrected chi connectivity index (χ2v) is 3.79. The molecule has 16 heavy (non-hydrogen) atoms. The first-order chi connectivity index (χ1) is 7.83. The van der Waals surface area contributed by atoms with Crippen LogP contribution in [0.3, 0.4) is 0 Å². The second kappa shape index (κ2) is 3.10. The molecule has 0 atom stereocenters. The Hall–Kier alpha value is -2.29. The first kappa shape index (κ1) is 8.97. The van der Waals surface area contributed by atoms with Gasteiger partial charge >= 0.3 is 0 Å². The van der Waals surface area contributed by atoms with Crippen LogP contribution < -0.4 is 11.6 Å². The Morgan fingerprint density at radius 2 is 1.50 bits per heavy atom. The van der Waals surface area contributed by atoms with E-state index in [0.717, 1.165) is 33.7 Å². The first-order valence-electron chi connectivity index (χ1n) is 5.09. The Kier molecular flexibility index (Phi) is 1.74. The molecule has 2 aromatic carbocycles. The molecule has 4 N–H and O–H groups in total. The zero-order valence-corrected chi connectivity index (χ0v) is 8.64. The van der Waals surface area contributed by atoms with E-state index in [2.05, 4.69) is 5.10 Å². The number of rotatable bonds is 0. The summed E-state index contributed by atoms with van der Waals surface area (Å²) in [5.74, 6) is 5.46. The molecule has 0 unspecified atom stereocenters. The van der Waals surface area contributed by atoms with Gasteiger partial charge in [-0.05, 0) is 11.6 Å². The number of hydrogen-bond donors (Lipinski definition) is 2. The van der Waals surface area contributed by atoms with Crippen molar-refractivity contribution in [2.24, 2.45) is 10.9 Å². The van der Waals surface area contributed by atoms with E-state index in [-0.39, 0.29) is 0 Å². The van der Waals surface area contributed by atoms with Gasteiger partial charge in [-0.1, -0.05) is 36.4 Å². The number of hydrazone groups is 1. The number of nitrogens with two attached hydrogens (primary N) is 2. The van der Waals surface area contributed by atoms with Gasteiger partial charge in [-0.25, -0.2) is 0 Å². The van der Waals surface area contributed by atoms with Crippen LogP contribution in [0.4, 0.5) is 5.69 Å². The second-order valence-electron chi connectivity index (χ2n) is 3.79. The van der Waals surface area contributed by atoms with Gasteiger partial charge in [0.05, 0.1) is 5.71 Å². The van der Waals surface area contributed by atoms with Crippen LogP contribution in [0.1, 0.15) is 11.1 Å². The molecule has 3 heteroatoms. The molecule has 0 radical (unpaired) electrons. The summed E-state index contributed by atoms with van der Waals surface area (Å²) in [5.41, 5.74) is 11.8. The molecular weight excluding hydrogens is 198 g/mol. The Bertz CT molecular complexity index is 600. The van der Waals surface area contributed by atoms with Gasteiger partial charge in [-0.3, -0.25) is 0 Å². The largest absolute Gasteiger partial charge is 0.398 e. The summed E-state index contributed by atoms with van der Waals surface area (Å²) in [4.78, 5) is 0. The molecule has 0 saturated heterocycles. The fourth-order valence-corrected chi connectivity index (χ4v) is 2.26. The summed E-state index contributed by atoms with van der Waals surface area (Å²) >= 11 is 0. The van der Waals surface area contributed by atoms with Gasteiger partial charge in [0.2, 0.25) is 0 Å². The van der Waals surface area contributed by atoms with Crippen molar-refractivity contribution in [1.82, 2.24) is 0 Å². The lowest BCUT2D eigenvalue weighted by molar-refractivity contribution is 1.25. The zero-order valence-electron chi connectivity index (χ0n) is 8.64. The summed E-state index contributed by atoms with van der Waals surface area (Å²) < 4.78 is 0. The highest BCUT2D eigenvalue weighted by Gasteiger charge is 2.25. The maximum absolute atomic E-state index is 6.01. The van der Waals surface area contributed by atoms with Crippen LogP contribution in [0.15, 0.2) is 47.6 Å². The first-order valence-corrected chi connectivity index (χ1v) is 5.09. The van der Waals surface area contributed by atoms with Crippen molar-refractivity contribution in [2.75, 3.05) is 5.73 Å². The van der Waals surface area contributed by atoms with Gasteiger partial charge in [0.1, 0.15) is 0 Å². The molecular formula is C13H11N3. The molecule has 0 spiro atoms. The van der Waals surface area contributed by atoms with Gasteiger partial charge in [0.25, 0.3) is 0 Å². The fourth-order valence-electron chi connectivity index (χ4n) is 2.26. The van der Waals surface area contributed by atoms with Crippen LogP contribution >= 0.6 is 0 Å². The number of fused-ring (bicyclic) bond motifs is 3. The van der Waals surface area contributed by atoms with Crippen LogP contribution in [0.5, 0.6) is 0 Å². The number of nitrogens with zero attached hydrogens (tertiary/aromatic N) is 1. The predicted molar refractivity (Wildman–Crippen MR) is 66.1 cm³/mol. The third-order valence-corrected chi connectivity index (χ3v) is 2.93. The highest BCUT2D eigenvalue weighted by atomic mass is 15.1. The average molecular weight is 209 g/mol. The van der Waals surface area contributed by atoms with Crippen molar-refractivity contribution in [3.8, 4) is 11.1 Å². The van der Waals surface area contributed by atoms with E-state index in [0.29, 0.717) is 0 Å².